The number of rotatable bonds is 5. The minimum absolute atomic E-state index is 0.0942. The summed E-state index contributed by atoms with van der Waals surface area (Å²) in [5.41, 5.74) is 0.393. The predicted octanol–water partition coefficient (Wildman–Crippen LogP) is 1.31. The Morgan fingerprint density at radius 2 is 2.15 bits per heavy atom. The molecule has 0 spiro atoms. The molecule has 2 saturated heterocycles. The number of hydrogen-bond donors (Lipinski definition) is 2. The first-order chi connectivity index (χ1) is 12.7. The lowest BCUT2D eigenvalue weighted by Gasteiger charge is -2.39. The Hall–Kier alpha value is -1.64. The zero-order chi connectivity index (χ0) is 19.8. The second kappa shape index (κ2) is 7.41. The van der Waals surface area contributed by atoms with E-state index in [1.165, 1.54) is 18.3 Å². The van der Waals surface area contributed by atoms with Crippen LogP contribution < -0.4 is 15.4 Å². The molecule has 2 aliphatic rings. The summed E-state index contributed by atoms with van der Waals surface area (Å²) in [4.78, 5) is 12.0. The lowest BCUT2D eigenvalue weighted by Crippen LogP contribution is -2.62. The Balaban J connectivity index is 1.98. The van der Waals surface area contributed by atoms with Gasteiger partial charge in [0, 0.05) is 26.6 Å². The van der Waals surface area contributed by atoms with Gasteiger partial charge < -0.3 is 15.4 Å². The zero-order valence-corrected chi connectivity index (χ0v) is 17.2. The third-order valence-corrected chi connectivity index (χ3v) is 7.50. The van der Waals surface area contributed by atoms with Gasteiger partial charge in [-0.25, -0.2) is 8.42 Å². The summed E-state index contributed by atoms with van der Waals surface area (Å²) < 4.78 is 33.8. The fraction of sp³-hybridized carbons (Fsp3) is 0.632. The van der Waals surface area contributed by atoms with Crippen molar-refractivity contribution < 1.29 is 17.9 Å². The highest BCUT2D eigenvalue weighted by molar-refractivity contribution is 7.89. The van der Waals surface area contributed by atoms with E-state index in [9.17, 15) is 13.2 Å². The predicted molar refractivity (Wildman–Crippen MR) is 103 cm³/mol. The van der Waals surface area contributed by atoms with E-state index in [-0.39, 0.29) is 29.2 Å². The van der Waals surface area contributed by atoms with Gasteiger partial charge in [0.15, 0.2) is 0 Å². The van der Waals surface area contributed by atoms with Crippen LogP contribution in [0.25, 0.3) is 0 Å². The molecule has 2 atom stereocenters. The second-order valence-corrected chi connectivity index (χ2v) is 9.77. The summed E-state index contributed by atoms with van der Waals surface area (Å²) in [6, 6.07) is 5.33. The van der Waals surface area contributed by atoms with E-state index in [4.69, 9.17) is 4.74 Å². The summed E-state index contributed by atoms with van der Waals surface area (Å²) in [6.45, 7) is 7.60. The van der Waals surface area contributed by atoms with Crippen LogP contribution in [-0.4, -0.2) is 57.5 Å². The van der Waals surface area contributed by atoms with Gasteiger partial charge in [0.25, 0.3) is 0 Å². The molecule has 1 amide bonds. The smallest absolute Gasteiger partial charge is 0.246 e. The van der Waals surface area contributed by atoms with Crippen molar-refractivity contribution in [3.63, 3.8) is 0 Å². The average molecular weight is 396 g/mol. The molecule has 2 heterocycles. The van der Waals surface area contributed by atoms with Crippen molar-refractivity contribution in [3.8, 4) is 5.75 Å². The molecule has 27 heavy (non-hydrogen) atoms. The third kappa shape index (κ3) is 3.70. The first-order valence-electron chi connectivity index (χ1n) is 9.37. The number of benzene rings is 1. The maximum absolute atomic E-state index is 13.5. The molecule has 0 bridgehead atoms. The van der Waals surface area contributed by atoms with Crippen molar-refractivity contribution in [2.45, 2.75) is 43.5 Å². The molecule has 2 aliphatic heterocycles. The second-order valence-electron chi connectivity index (χ2n) is 7.86. The Morgan fingerprint density at radius 1 is 1.41 bits per heavy atom. The molecule has 0 unspecified atom stereocenters. The van der Waals surface area contributed by atoms with E-state index in [1.54, 1.807) is 12.1 Å². The van der Waals surface area contributed by atoms with Gasteiger partial charge >= 0.3 is 0 Å². The fourth-order valence-electron chi connectivity index (χ4n) is 4.20. The van der Waals surface area contributed by atoms with E-state index in [1.807, 2.05) is 19.9 Å². The number of fused-ring (bicyclic) bond motifs is 1. The molecule has 2 fully saturated rings. The first-order valence-corrected chi connectivity index (χ1v) is 10.8. The Kier molecular flexibility index (Phi) is 5.52. The molecular weight excluding hydrogens is 366 g/mol. The molecule has 150 valence electrons. The van der Waals surface area contributed by atoms with E-state index in [2.05, 4.69) is 10.6 Å². The van der Waals surface area contributed by atoms with Crippen molar-refractivity contribution in [1.82, 2.24) is 14.9 Å². The van der Waals surface area contributed by atoms with Gasteiger partial charge in [-0.15, -0.1) is 0 Å². The maximum Gasteiger partial charge on any atom is 0.246 e. The lowest BCUT2D eigenvalue weighted by molar-refractivity contribution is -0.121. The van der Waals surface area contributed by atoms with Gasteiger partial charge in [0.1, 0.15) is 10.6 Å². The summed E-state index contributed by atoms with van der Waals surface area (Å²) in [5.74, 6) is 0.515. The highest BCUT2D eigenvalue weighted by atomic mass is 32.2. The van der Waals surface area contributed by atoms with Crippen LogP contribution in [-0.2, 0) is 14.8 Å². The quantitative estimate of drug-likeness (QED) is 0.785. The number of ether oxygens (including phenoxy) is 1. The number of nitrogens with one attached hydrogen (secondary N) is 2. The highest BCUT2D eigenvalue weighted by Crippen LogP contribution is 2.38. The largest absolute Gasteiger partial charge is 0.495 e. The van der Waals surface area contributed by atoms with Gasteiger partial charge in [-0.3, -0.25) is 4.79 Å². The summed E-state index contributed by atoms with van der Waals surface area (Å²) in [6.07, 6.45) is 0.829. The van der Waals surface area contributed by atoms with Crippen molar-refractivity contribution in [2.24, 2.45) is 5.92 Å². The Labute approximate surface area is 161 Å². The summed E-state index contributed by atoms with van der Waals surface area (Å²) in [7, 11) is -2.26. The average Bonchev–Trinajstić information content (AvgIpc) is 3.00. The zero-order valence-electron chi connectivity index (χ0n) is 16.4. The molecular formula is C19H29N3O4S. The number of methoxy groups -OCH3 is 1. The Bertz CT molecular complexity index is 824. The molecule has 0 aromatic heterocycles. The van der Waals surface area contributed by atoms with Gasteiger partial charge in [-0.1, -0.05) is 19.9 Å². The van der Waals surface area contributed by atoms with Gasteiger partial charge in [0.05, 0.1) is 12.6 Å². The standard InChI is InChI=1S/C19H29N3O4S/c1-13(2)15-5-6-17(26-4)18(9-15)27(24,25)22-10-16-7-8-20-11-19(16,12-22)21-14(3)23/h5-6,9,13,16,20H,7-8,10-12H2,1-4H3,(H,21,23)/t16-,19-/m1/s1. The van der Waals surface area contributed by atoms with E-state index >= 15 is 0 Å². The van der Waals surface area contributed by atoms with E-state index < -0.39 is 15.6 Å². The molecule has 0 aliphatic carbocycles. The third-order valence-electron chi connectivity index (χ3n) is 5.67. The summed E-state index contributed by atoms with van der Waals surface area (Å²) in [5, 5.41) is 6.33. The van der Waals surface area contributed by atoms with Crippen LogP contribution in [0.3, 0.4) is 0 Å². The van der Waals surface area contributed by atoms with Crippen molar-refractivity contribution >= 4 is 15.9 Å². The van der Waals surface area contributed by atoms with Gasteiger partial charge in [0.2, 0.25) is 15.9 Å². The topological polar surface area (TPSA) is 87.7 Å². The van der Waals surface area contributed by atoms with Crippen LogP contribution in [0.1, 0.15) is 38.7 Å². The van der Waals surface area contributed by atoms with E-state index in [0.29, 0.717) is 18.8 Å². The number of carbonyl (C=O) groups is 1. The minimum atomic E-state index is -3.74. The molecule has 2 N–H and O–H groups in total. The van der Waals surface area contributed by atoms with Crippen molar-refractivity contribution in [2.75, 3.05) is 33.3 Å². The van der Waals surface area contributed by atoms with Crippen LogP contribution in [0.15, 0.2) is 23.1 Å². The molecule has 1 aromatic carbocycles. The monoisotopic (exact) mass is 395 g/mol. The number of nitrogens with zero attached hydrogens (tertiary/aromatic N) is 1. The van der Waals surface area contributed by atoms with Gasteiger partial charge in [-0.05, 0) is 42.5 Å². The first kappa shape index (κ1) is 20.1. The van der Waals surface area contributed by atoms with Gasteiger partial charge in [-0.2, -0.15) is 4.31 Å². The lowest BCUT2D eigenvalue weighted by atomic mass is 9.82. The molecule has 7 nitrogen and oxygen atoms in total. The van der Waals surface area contributed by atoms with Crippen LogP contribution in [0.4, 0.5) is 0 Å². The van der Waals surface area contributed by atoms with Crippen LogP contribution in [0, 0.1) is 5.92 Å². The normalized spacial score (nSPS) is 26.0. The fourth-order valence-corrected chi connectivity index (χ4v) is 5.94. The van der Waals surface area contributed by atoms with Crippen LogP contribution in [0.2, 0.25) is 0 Å². The molecule has 0 radical (unpaired) electrons. The maximum atomic E-state index is 13.5. The Morgan fingerprint density at radius 3 is 2.78 bits per heavy atom. The molecule has 0 saturated carbocycles. The number of sulfonamides is 1. The minimum Gasteiger partial charge on any atom is -0.495 e. The number of piperidine rings is 1. The van der Waals surface area contributed by atoms with Crippen molar-refractivity contribution in [1.29, 1.82) is 0 Å². The molecule has 3 rings (SSSR count). The van der Waals surface area contributed by atoms with Crippen molar-refractivity contribution in [3.05, 3.63) is 23.8 Å². The van der Waals surface area contributed by atoms with Crippen LogP contribution in [0.5, 0.6) is 5.75 Å². The highest BCUT2D eigenvalue weighted by Gasteiger charge is 2.52. The molecule has 8 heteroatoms. The molecule has 1 aromatic rings. The number of hydrogen-bond acceptors (Lipinski definition) is 5. The number of carbonyl (C=O) groups excluding carboxylic acids is 1. The summed E-state index contributed by atoms with van der Waals surface area (Å²) >= 11 is 0. The van der Waals surface area contributed by atoms with E-state index in [0.717, 1.165) is 18.5 Å². The van der Waals surface area contributed by atoms with Crippen LogP contribution >= 0.6 is 0 Å². The SMILES string of the molecule is COc1ccc(C(C)C)cc1S(=O)(=O)N1C[C@H]2CCNC[C@@]2(NC(C)=O)C1. The number of amides is 1.